The highest BCUT2D eigenvalue weighted by atomic mass is 16.5. The van der Waals surface area contributed by atoms with Crippen LogP contribution in [-0.4, -0.2) is 18.5 Å². The van der Waals surface area contributed by atoms with Crippen LogP contribution in [0, 0.1) is 5.41 Å². The standard InChI is InChI=1S/C11H20N2O/c1-8(2)14-10-9(11(3,4)5)6-7-12-13-10/h6-8,10,13H,1-5H3. The average Bonchev–Trinajstić information content (AvgIpc) is 2.01. The molecule has 0 saturated heterocycles. The van der Waals surface area contributed by atoms with Crippen molar-refractivity contribution in [2.45, 2.75) is 47.0 Å². The summed E-state index contributed by atoms with van der Waals surface area (Å²) in [5.74, 6) is 0. The molecule has 80 valence electrons. The molecule has 0 radical (unpaired) electrons. The summed E-state index contributed by atoms with van der Waals surface area (Å²) in [4.78, 5) is 0. The minimum Gasteiger partial charge on any atom is -0.350 e. The molecular formula is C11H20N2O. The molecule has 1 unspecified atom stereocenters. The largest absolute Gasteiger partial charge is 0.350 e. The normalized spacial score (nSPS) is 22.1. The van der Waals surface area contributed by atoms with Crippen LogP contribution in [0.1, 0.15) is 34.6 Å². The second-order valence-electron chi connectivity index (χ2n) is 4.84. The van der Waals surface area contributed by atoms with E-state index in [1.54, 1.807) is 6.21 Å². The van der Waals surface area contributed by atoms with E-state index >= 15 is 0 Å². The Morgan fingerprint density at radius 1 is 1.43 bits per heavy atom. The summed E-state index contributed by atoms with van der Waals surface area (Å²) in [5.41, 5.74) is 4.33. The van der Waals surface area contributed by atoms with Gasteiger partial charge in [-0.25, -0.2) is 0 Å². The molecule has 1 aliphatic heterocycles. The number of rotatable bonds is 2. The van der Waals surface area contributed by atoms with Gasteiger partial charge in [-0.2, -0.15) is 5.10 Å². The molecule has 0 spiro atoms. The zero-order chi connectivity index (χ0) is 10.8. The topological polar surface area (TPSA) is 33.6 Å². The van der Waals surface area contributed by atoms with E-state index in [4.69, 9.17) is 4.74 Å². The fourth-order valence-corrected chi connectivity index (χ4v) is 1.40. The maximum atomic E-state index is 5.74. The number of allylic oxidation sites excluding steroid dienone is 1. The second kappa shape index (κ2) is 4.13. The molecule has 0 fully saturated rings. The lowest BCUT2D eigenvalue weighted by molar-refractivity contribution is 0.000601. The summed E-state index contributed by atoms with van der Waals surface area (Å²) < 4.78 is 5.74. The molecule has 0 aromatic carbocycles. The molecule has 0 aromatic heterocycles. The highest BCUT2D eigenvalue weighted by molar-refractivity contribution is 5.73. The van der Waals surface area contributed by atoms with Crippen LogP contribution >= 0.6 is 0 Å². The Hall–Kier alpha value is -0.830. The molecule has 1 aliphatic rings. The summed E-state index contributed by atoms with van der Waals surface area (Å²) in [5, 5.41) is 4.00. The predicted molar refractivity (Wildman–Crippen MR) is 59.2 cm³/mol. The second-order valence-corrected chi connectivity index (χ2v) is 4.84. The molecule has 3 nitrogen and oxygen atoms in total. The third kappa shape index (κ3) is 2.84. The summed E-state index contributed by atoms with van der Waals surface area (Å²) in [7, 11) is 0. The molecule has 0 aliphatic carbocycles. The maximum Gasteiger partial charge on any atom is 0.165 e. The fraction of sp³-hybridized carbons (Fsp3) is 0.727. The van der Waals surface area contributed by atoms with Gasteiger partial charge in [-0.05, 0) is 30.9 Å². The maximum absolute atomic E-state index is 5.74. The van der Waals surface area contributed by atoms with Crippen molar-refractivity contribution in [1.29, 1.82) is 0 Å². The van der Waals surface area contributed by atoms with Crippen LogP contribution < -0.4 is 5.43 Å². The Balaban J connectivity index is 2.77. The van der Waals surface area contributed by atoms with Gasteiger partial charge in [-0.3, -0.25) is 5.43 Å². The molecule has 1 heterocycles. The Labute approximate surface area is 86.2 Å². The number of hydrogen-bond donors (Lipinski definition) is 1. The lowest BCUT2D eigenvalue weighted by Crippen LogP contribution is -2.38. The Morgan fingerprint density at radius 3 is 2.57 bits per heavy atom. The monoisotopic (exact) mass is 196 g/mol. The first-order valence-electron chi connectivity index (χ1n) is 5.06. The van der Waals surface area contributed by atoms with Crippen molar-refractivity contribution in [3.05, 3.63) is 11.6 Å². The van der Waals surface area contributed by atoms with Gasteiger partial charge in [0.1, 0.15) is 0 Å². The molecule has 0 saturated carbocycles. The first kappa shape index (κ1) is 11.2. The molecule has 3 heteroatoms. The van der Waals surface area contributed by atoms with Crippen LogP contribution in [0.15, 0.2) is 16.8 Å². The van der Waals surface area contributed by atoms with Crippen molar-refractivity contribution in [3.63, 3.8) is 0 Å². The van der Waals surface area contributed by atoms with Crippen LogP contribution in [0.5, 0.6) is 0 Å². The number of nitrogens with zero attached hydrogens (tertiary/aromatic N) is 1. The van der Waals surface area contributed by atoms with Crippen LogP contribution in [0.3, 0.4) is 0 Å². The van der Waals surface area contributed by atoms with Crippen LogP contribution in [0.25, 0.3) is 0 Å². The highest BCUT2D eigenvalue weighted by Crippen LogP contribution is 2.29. The SMILES string of the molecule is CC(C)OC1NN=CC=C1C(C)(C)C. The summed E-state index contributed by atoms with van der Waals surface area (Å²) >= 11 is 0. The van der Waals surface area contributed by atoms with Gasteiger partial charge in [-0.1, -0.05) is 20.8 Å². The summed E-state index contributed by atoms with van der Waals surface area (Å²) in [6, 6.07) is 0. The van der Waals surface area contributed by atoms with Crippen LogP contribution in [-0.2, 0) is 4.74 Å². The van der Waals surface area contributed by atoms with Crippen molar-refractivity contribution in [3.8, 4) is 0 Å². The lowest BCUT2D eigenvalue weighted by Gasteiger charge is -2.32. The summed E-state index contributed by atoms with van der Waals surface area (Å²) in [6.45, 7) is 10.6. The molecule has 1 N–H and O–H groups in total. The van der Waals surface area contributed by atoms with Gasteiger partial charge in [0.15, 0.2) is 6.23 Å². The number of hydrogen-bond acceptors (Lipinski definition) is 3. The molecule has 0 amide bonds. The zero-order valence-corrected chi connectivity index (χ0v) is 9.66. The van der Waals surface area contributed by atoms with Crippen molar-refractivity contribution in [2.75, 3.05) is 0 Å². The van der Waals surface area contributed by atoms with Gasteiger partial charge in [-0.15, -0.1) is 0 Å². The van der Waals surface area contributed by atoms with E-state index in [-0.39, 0.29) is 17.7 Å². The smallest absolute Gasteiger partial charge is 0.165 e. The van der Waals surface area contributed by atoms with Gasteiger partial charge in [0.05, 0.1) is 6.10 Å². The van der Waals surface area contributed by atoms with Crippen molar-refractivity contribution >= 4 is 6.21 Å². The van der Waals surface area contributed by atoms with E-state index in [0.29, 0.717) is 0 Å². The molecule has 1 atom stereocenters. The first-order chi connectivity index (χ1) is 6.41. The van der Waals surface area contributed by atoms with Crippen molar-refractivity contribution < 1.29 is 4.74 Å². The van der Waals surface area contributed by atoms with Crippen LogP contribution in [0.2, 0.25) is 0 Å². The van der Waals surface area contributed by atoms with Gasteiger partial charge < -0.3 is 4.74 Å². The van der Waals surface area contributed by atoms with E-state index in [1.807, 2.05) is 19.9 Å². The third-order valence-electron chi connectivity index (χ3n) is 2.08. The van der Waals surface area contributed by atoms with Crippen LogP contribution in [0.4, 0.5) is 0 Å². The van der Waals surface area contributed by atoms with Crippen molar-refractivity contribution in [1.82, 2.24) is 5.43 Å². The summed E-state index contributed by atoms with van der Waals surface area (Å²) in [6.07, 6.45) is 3.93. The van der Waals surface area contributed by atoms with Gasteiger partial charge in [0.2, 0.25) is 0 Å². The molecule has 0 aromatic rings. The Bertz CT molecular complexity index is 249. The number of nitrogens with one attached hydrogen (secondary N) is 1. The fourth-order valence-electron chi connectivity index (χ4n) is 1.40. The minimum atomic E-state index is -0.0833. The van der Waals surface area contributed by atoms with E-state index in [2.05, 4.69) is 31.3 Å². The van der Waals surface area contributed by atoms with Crippen molar-refractivity contribution in [2.24, 2.45) is 10.5 Å². The predicted octanol–water partition coefficient (Wildman–Crippen LogP) is 2.30. The Morgan fingerprint density at radius 2 is 2.07 bits per heavy atom. The first-order valence-corrected chi connectivity index (χ1v) is 5.06. The molecule has 0 bridgehead atoms. The van der Waals surface area contributed by atoms with E-state index in [1.165, 1.54) is 5.57 Å². The molecular weight excluding hydrogens is 176 g/mol. The Kier molecular flexibility index (Phi) is 3.32. The lowest BCUT2D eigenvalue weighted by atomic mass is 9.85. The third-order valence-corrected chi connectivity index (χ3v) is 2.08. The van der Waals surface area contributed by atoms with E-state index < -0.39 is 0 Å². The molecule has 1 rings (SSSR count). The van der Waals surface area contributed by atoms with E-state index in [0.717, 1.165) is 0 Å². The average molecular weight is 196 g/mol. The molecule has 14 heavy (non-hydrogen) atoms. The number of ether oxygens (including phenoxy) is 1. The zero-order valence-electron chi connectivity index (χ0n) is 9.66. The number of hydrazone groups is 1. The quantitative estimate of drug-likeness (QED) is 0.735. The minimum absolute atomic E-state index is 0.0833. The van der Waals surface area contributed by atoms with Gasteiger partial charge in [0.25, 0.3) is 0 Å². The van der Waals surface area contributed by atoms with Gasteiger partial charge in [0, 0.05) is 6.21 Å². The van der Waals surface area contributed by atoms with Gasteiger partial charge >= 0.3 is 0 Å². The van der Waals surface area contributed by atoms with E-state index in [9.17, 15) is 0 Å². The highest BCUT2D eigenvalue weighted by Gasteiger charge is 2.27.